The van der Waals surface area contributed by atoms with E-state index in [1.54, 1.807) is 12.4 Å². The Kier molecular flexibility index (Phi) is 5.51. The highest BCUT2D eigenvalue weighted by Gasteiger charge is 2.19. The summed E-state index contributed by atoms with van der Waals surface area (Å²) in [4.78, 5) is 3.99. The lowest BCUT2D eigenvalue weighted by Gasteiger charge is -2.08. The molecule has 1 heterocycles. The van der Waals surface area contributed by atoms with Crippen molar-refractivity contribution in [3.63, 3.8) is 0 Å². The van der Waals surface area contributed by atoms with E-state index in [4.69, 9.17) is 0 Å². The summed E-state index contributed by atoms with van der Waals surface area (Å²) in [7, 11) is -3.18. The maximum atomic E-state index is 11.9. The third kappa shape index (κ3) is 5.56. The van der Waals surface area contributed by atoms with Gasteiger partial charge in [-0.25, -0.2) is 13.1 Å². The van der Waals surface area contributed by atoms with Gasteiger partial charge < -0.3 is 5.32 Å². The predicted molar refractivity (Wildman–Crippen MR) is 79.9 cm³/mol. The third-order valence-corrected chi connectivity index (χ3v) is 4.88. The van der Waals surface area contributed by atoms with Gasteiger partial charge in [-0.05, 0) is 56.3 Å². The Hall–Kier alpha value is -0.980. The van der Waals surface area contributed by atoms with Crippen LogP contribution in [0.15, 0.2) is 18.5 Å². The lowest BCUT2D eigenvalue weighted by Crippen LogP contribution is -2.27. The molecule has 5 nitrogen and oxygen atoms in total. The molecule has 0 aromatic carbocycles. The van der Waals surface area contributed by atoms with Crippen molar-refractivity contribution in [1.82, 2.24) is 15.0 Å². The normalized spacial score (nSPS) is 15.4. The zero-order chi connectivity index (χ0) is 14.4. The second kappa shape index (κ2) is 7.15. The van der Waals surface area contributed by atoms with Gasteiger partial charge in [0.2, 0.25) is 10.0 Å². The lowest BCUT2D eigenvalue weighted by molar-refractivity contribution is 0.572. The minimum absolute atomic E-state index is 0.198. The van der Waals surface area contributed by atoms with E-state index in [1.165, 1.54) is 12.8 Å². The van der Waals surface area contributed by atoms with Gasteiger partial charge in [0.25, 0.3) is 0 Å². The van der Waals surface area contributed by atoms with E-state index < -0.39 is 10.0 Å². The van der Waals surface area contributed by atoms with Gasteiger partial charge in [-0.3, -0.25) is 4.98 Å². The molecule has 1 aliphatic rings. The van der Waals surface area contributed by atoms with Gasteiger partial charge in [-0.1, -0.05) is 0 Å². The van der Waals surface area contributed by atoms with Crippen LogP contribution in [0.2, 0.25) is 0 Å². The van der Waals surface area contributed by atoms with Gasteiger partial charge in [-0.15, -0.1) is 0 Å². The van der Waals surface area contributed by atoms with Crippen molar-refractivity contribution >= 4 is 10.0 Å². The molecule has 0 atom stereocenters. The van der Waals surface area contributed by atoms with Crippen LogP contribution in [-0.4, -0.2) is 31.7 Å². The Labute approximate surface area is 121 Å². The summed E-state index contributed by atoms with van der Waals surface area (Å²) in [6, 6.07) is 2.54. The standard InChI is InChI=1S/C14H23N3O2S/c1-12-10-15-8-6-13(12)11-17-20(18,19)9-3-2-7-16-14-4-5-14/h6,8,10,14,16-17H,2-5,7,9,11H2,1H3. The highest BCUT2D eigenvalue weighted by Crippen LogP contribution is 2.18. The molecule has 112 valence electrons. The average molecular weight is 297 g/mol. The smallest absolute Gasteiger partial charge is 0.211 e. The number of pyridine rings is 1. The summed E-state index contributed by atoms with van der Waals surface area (Å²) < 4.78 is 26.4. The third-order valence-electron chi connectivity index (χ3n) is 3.47. The van der Waals surface area contributed by atoms with Gasteiger partial charge in [-0.2, -0.15) is 0 Å². The quantitative estimate of drug-likeness (QED) is 0.675. The minimum Gasteiger partial charge on any atom is -0.314 e. The van der Waals surface area contributed by atoms with Crippen molar-refractivity contribution in [3.8, 4) is 0 Å². The number of nitrogens with one attached hydrogen (secondary N) is 2. The molecule has 1 aromatic rings. The molecule has 2 rings (SSSR count). The summed E-state index contributed by atoms with van der Waals surface area (Å²) in [6.07, 6.45) is 7.57. The zero-order valence-corrected chi connectivity index (χ0v) is 12.7. The molecule has 1 fully saturated rings. The van der Waals surface area contributed by atoms with Crippen LogP contribution in [0.25, 0.3) is 0 Å². The number of nitrogens with zero attached hydrogens (tertiary/aromatic N) is 1. The summed E-state index contributed by atoms with van der Waals surface area (Å²) in [5.41, 5.74) is 1.97. The number of aryl methyl sites for hydroxylation is 1. The number of unbranched alkanes of at least 4 members (excludes halogenated alkanes) is 1. The Balaban J connectivity index is 1.66. The van der Waals surface area contributed by atoms with E-state index in [-0.39, 0.29) is 5.75 Å². The van der Waals surface area contributed by atoms with Crippen molar-refractivity contribution < 1.29 is 8.42 Å². The first-order valence-corrected chi connectivity index (χ1v) is 8.82. The highest BCUT2D eigenvalue weighted by atomic mass is 32.2. The van der Waals surface area contributed by atoms with Gasteiger partial charge in [0, 0.05) is 25.0 Å². The fourth-order valence-corrected chi connectivity index (χ4v) is 3.08. The fraction of sp³-hybridized carbons (Fsp3) is 0.643. The van der Waals surface area contributed by atoms with E-state index in [1.807, 2.05) is 13.0 Å². The molecule has 6 heteroatoms. The molecule has 1 saturated carbocycles. The number of sulfonamides is 1. The summed E-state index contributed by atoms with van der Waals surface area (Å²) in [5.74, 6) is 0.198. The molecule has 0 unspecified atom stereocenters. The highest BCUT2D eigenvalue weighted by molar-refractivity contribution is 7.89. The molecule has 20 heavy (non-hydrogen) atoms. The second-order valence-electron chi connectivity index (χ2n) is 5.38. The topological polar surface area (TPSA) is 71.1 Å². The van der Waals surface area contributed by atoms with Gasteiger partial charge in [0.15, 0.2) is 0 Å². The largest absolute Gasteiger partial charge is 0.314 e. The Bertz CT molecular complexity index is 527. The van der Waals surface area contributed by atoms with E-state index in [2.05, 4.69) is 15.0 Å². The van der Waals surface area contributed by atoms with Crippen LogP contribution in [0.4, 0.5) is 0 Å². The van der Waals surface area contributed by atoms with Crippen LogP contribution in [0.1, 0.15) is 36.8 Å². The SMILES string of the molecule is Cc1cnccc1CNS(=O)(=O)CCCCNC1CC1. The van der Waals surface area contributed by atoms with Crippen molar-refractivity contribution in [2.24, 2.45) is 0 Å². The van der Waals surface area contributed by atoms with E-state index in [9.17, 15) is 8.42 Å². The number of hydrogen-bond donors (Lipinski definition) is 2. The van der Waals surface area contributed by atoms with Crippen LogP contribution in [-0.2, 0) is 16.6 Å². The van der Waals surface area contributed by atoms with E-state index in [0.717, 1.165) is 24.1 Å². The van der Waals surface area contributed by atoms with Gasteiger partial charge in [0.1, 0.15) is 0 Å². The van der Waals surface area contributed by atoms with Gasteiger partial charge in [0.05, 0.1) is 5.75 Å². The molecule has 0 aliphatic heterocycles. The van der Waals surface area contributed by atoms with Crippen molar-refractivity contribution in [2.75, 3.05) is 12.3 Å². The van der Waals surface area contributed by atoms with Crippen LogP contribution >= 0.6 is 0 Å². The molecule has 1 aliphatic carbocycles. The minimum atomic E-state index is -3.18. The fourth-order valence-electron chi connectivity index (χ4n) is 1.97. The summed E-state index contributed by atoms with van der Waals surface area (Å²) in [5, 5.41) is 3.39. The molecular weight excluding hydrogens is 274 g/mol. The zero-order valence-electron chi connectivity index (χ0n) is 11.9. The Morgan fingerprint density at radius 3 is 2.85 bits per heavy atom. The van der Waals surface area contributed by atoms with E-state index >= 15 is 0 Å². The summed E-state index contributed by atoms with van der Waals surface area (Å²) in [6.45, 7) is 3.20. The van der Waals surface area contributed by atoms with Crippen LogP contribution in [0.5, 0.6) is 0 Å². The first-order valence-electron chi connectivity index (χ1n) is 7.17. The maximum Gasteiger partial charge on any atom is 0.211 e. The Morgan fingerprint density at radius 1 is 1.35 bits per heavy atom. The first kappa shape index (κ1) is 15.4. The monoisotopic (exact) mass is 297 g/mol. The van der Waals surface area contributed by atoms with Crippen LogP contribution < -0.4 is 10.0 Å². The van der Waals surface area contributed by atoms with E-state index in [0.29, 0.717) is 19.0 Å². The Morgan fingerprint density at radius 2 is 2.15 bits per heavy atom. The van der Waals surface area contributed by atoms with Crippen LogP contribution in [0.3, 0.4) is 0 Å². The molecule has 0 spiro atoms. The van der Waals surface area contributed by atoms with Crippen molar-refractivity contribution in [3.05, 3.63) is 29.6 Å². The molecule has 0 saturated heterocycles. The lowest BCUT2D eigenvalue weighted by atomic mass is 10.2. The average Bonchev–Trinajstić information content (AvgIpc) is 3.21. The molecular formula is C14H23N3O2S. The predicted octanol–water partition coefficient (Wildman–Crippen LogP) is 1.34. The molecule has 0 radical (unpaired) electrons. The molecule has 0 bridgehead atoms. The number of rotatable bonds is 9. The first-order chi connectivity index (χ1) is 9.57. The summed E-state index contributed by atoms with van der Waals surface area (Å²) >= 11 is 0. The maximum absolute atomic E-state index is 11.9. The number of aromatic nitrogens is 1. The second-order valence-corrected chi connectivity index (χ2v) is 7.30. The van der Waals surface area contributed by atoms with Crippen molar-refractivity contribution in [1.29, 1.82) is 0 Å². The molecule has 0 amide bonds. The van der Waals surface area contributed by atoms with Crippen molar-refractivity contribution in [2.45, 2.75) is 45.2 Å². The van der Waals surface area contributed by atoms with Gasteiger partial charge >= 0.3 is 0 Å². The number of hydrogen-bond acceptors (Lipinski definition) is 4. The van der Waals surface area contributed by atoms with Crippen LogP contribution in [0, 0.1) is 6.92 Å². The molecule has 2 N–H and O–H groups in total. The molecule has 1 aromatic heterocycles.